The van der Waals surface area contributed by atoms with Crippen LogP contribution in [0.5, 0.6) is 0 Å². The SMILES string of the molecule is Cc1cc(-c2ccc3c(c2)c2ccccc2n3-c2cccc3c2C(=O)N(c2ccc(-c4ccccc4)cc2)C3=O)cc(C(F)(F)F)c1. The molecule has 0 bridgehead atoms. The van der Waals surface area contributed by atoms with E-state index in [1.54, 1.807) is 43.3 Å². The lowest BCUT2D eigenvalue weighted by atomic mass is 9.98. The van der Waals surface area contributed by atoms with Gasteiger partial charge < -0.3 is 4.57 Å². The molecule has 0 saturated carbocycles. The molecule has 8 rings (SSSR count). The van der Waals surface area contributed by atoms with Gasteiger partial charge >= 0.3 is 6.18 Å². The summed E-state index contributed by atoms with van der Waals surface area (Å²) in [6.07, 6.45) is -4.46. The number of aryl methyl sites for hydroxylation is 1. The number of imide groups is 1. The fourth-order valence-corrected chi connectivity index (χ4v) is 6.65. The molecule has 228 valence electrons. The number of fused-ring (bicyclic) bond motifs is 4. The summed E-state index contributed by atoms with van der Waals surface area (Å²) < 4.78 is 42.9. The maximum absolute atomic E-state index is 14.1. The van der Waals surface area contributed by atoms with Crippen molar-refractivity contribution in [3.8, 4) is 27.9 Å². The number of carbonyl (C=O) groups excluding carboxylic acids is 2. The largest absolute Gasteiger partial charge is 0.416 e. The molecule has 1 aliphatic rings. The van der Waals surface area contributed by atoms with Crippen LogP contribution >= 0.6 is 0 Å². The summed E-state index contributed by atoms with van der Waals surface area (Å²) in [5.41, 5.74) is 6.12. The predicted octanol–water partition coefficient (Wildman–Crippen LogP) is 10.2. The molecule has 7 heteroatoms. The molecule has 47 heavy (non-hydrogen) atoms. The van der Waals surface area contributed by atoms with Crippen molar-refractivity contribution in [2.24, 2.45) is 0 Å². The van der Waals surface area contributed by atoms with E-state index in [1.165, 1.54) is 11.0 Å². The Kier molecular flexibility index (Phi) is 6.41. The van der Waals surface area contributed by atoms with E-state index in [-0.39, 0.29) is 0 Å². The van der Waals surface area contributed by atoms with Crippen LogP contribution in [0.3, 0.4) is 0 Å². The first-order valence-corrected chi connectivity index (χ1v) is 15.1. The molecule has 0 unspecified atom stereocenters. The van der Waals surface area contributed by atoms with Crippen molar-refractivity contribution < 1.29 is 22.8 Å². The zero-order chi connectivity index (χ0) is 32.4. The lowest BCUT2D eigenvalue weighted by Crippen LogP contribution is -2.29. The Morgan fingerprint density at radius 1 is 0.553 bits per heavy atom. The Labute approximate surface area is 267 Å². The van der Waals surface area contributed by atoms with E-state index in [4.69, 9.17) is 0 Å². The maximum Gasteiger partial charge on any atom is 0.416 e. The van der Waals surface area contributed by atoms with Crippen LogP contribution in [0.25, 0.3) is 49.7 Å². The van der Waals surface area contributed by atoms with Gasteiger partial charge in [0.2, 0.25) is 0 Å². The number of rotatable bonds is 4. The van der Waals surface area contributed by atoms with E-state index in [9.17, 15) is 22.8 Å². The highest BCUT2D eigenvalue weighted by Gasteiger charge is 2.39. The first-order valence-electron chi connectivity index (χ1n) is 15.1. The minimum absolute atomic E-state index is 0.296. The summed E-state index contributed by atoms with van der Waals surface area (Å²) >= 11 is 0. The van der Waals surface area contributed by atoms with Crippen LogP contribution < -0.4 is 4.90 Å². The minimum atomic E-state index is -4.46. The molecule has 0 aliphatic carbocycles. The molecule has 4 nitrogen and oxygen atoms in total. The average Bonchev–Trinajstić information content (AvgIpc) is 3.55. The monoisotopic (exact) mass is 622 g/mol. The maximum atomic E-state index is 14.1. The molecule has 0 radical (unpaired) electrons. The van der Waals surface area contributed by atoms with Gasteiger partial charge in [-0.25, -0.2) is 4.90 Å². The summed E-state index contributed by atoms with van der Waals surface area (Å²) in [4.78, 5) is 29.1. The second kappa shape index (κ2) is 10.6. The van der Waals surface area contributed by atoms with Gasteiger partial charge in [-0.15, -0.1) is 0 Å². The Hall–Kier alpha value is -5.95. The standard InChI is InChI=1S/C40H25F3N2O2/c1-24-20-28(22-29(21-24)40(41,42)43)27-16-19-35-33(23-27)31-10-5-6-12-34(31)45(35)36-13-7-11-32-37(36)39(47)44(38(32)46)30-17-14-26(15-18-30)25-8-3-2-4-9-25/h2-23H,1H3. The van der Waals surface area contributed by atoms with E-state index in [2.05, 4.69) is 0 Å². The number of benzene rings is 6. The smallest absolute Gasteiger partial charge is 0.308 e. The van der Waals surface area contributed by atoms with E-state index < -0.39 is 23.6 Å². The summed E-state index contributed by atoms with van der Waals surface area (Å²) in [5, 5.41) is 1.69. The van der Waals surface area contributed by atoms with Crippen molar-refractivity contribution in [2.75, 3.05) is 4.90 Å². The van der Waals surface area contributed by atoms with Crippen LogP contribution in [0.15, 0.2) is 133 Å². The zero-order valence-electron chi connectivity index (χ0n) is 25.0. The Morgan fingerprint density at radius 3 is 2.00 bits per heavy atom. The lowest BCUT2D eigenvalue weighted by Gasteiger charge is -2.15. The van der Waals surface area contributed by atoms with Crippen LogP contribution in [0.2, 0.25) is 0 Å². The average molecular weight is 623 g/mol. The molecule has 2 heterocycles. The molecule has 0 N–H and O–H groups in total. The fourth-order valence-electron chi connectivity index (χ4n) is 6.65. The predicted molar refractivity (Wildman–Crippen MR) is 179 cm³/mol. The van der Waals surface area contributed by atoms with Gasteiger partial charge in [0, 0.05) is 10.8 Å². The van der Waals surface area contributed by atoms with Gasteiger partial charge in [0.05, 0.1) is 39.1 Å². The van der Waals surface area contributed by atoms with Gasteiger partial charge in [-0.1, -0.05) is 78.9 Å². The molecule has 0 saturated heterocycles. The summed E-state index contributed by atoms with van der Waals surface area (Å²) in [6.45, 7) is 1.65. The number of carbonyl (C=O) groups is 2. The van der Waals surface area contributed by atoms with Gasteiger partial charge in [-0.3, -0.25) is 9.59 Å². The van der Waals surface area contributed by atoms with Crippen LogP contribution in [0.1, 0.15) is 31.8 Å². The lowest BCUT2D eigenvalue weighted by molar-refractivity contribution is -0.137. The van der Waals surface area contributed by atoms with Crippen molar-refractivity contribution in [2.45, 2.75) is 13.1 Å². The molecule has 7 aromatic rings. The van der Waals surface area contributed by atoms with E-state index in [1.807, 2.05) is 89.5 Å². The molecule has 2 amide bonds. The number of hydrogen-bond donors (Lipinski definition) is 0. The molecular formula is C40H25F3N2O2. The Morgan fingerprint density at radius 2 is 1.23 bits per heavy atom. The van der Waals surface area contributed by atoms with Crippen molar-refractivity contribution in [1.82, 2.24) is 4.57 Å². The molecule has 0 atom stereocenters. The number of aromatic nitrogens is 1. The number of nitrogens with zero attached hydrogens (tertiary/aromatic N) is 2. The van der Waals surface area contributed by atoms with Gasteiger partial charge in [0.15, 0.2) is 0 Å². The van der Waals surface area contributed by atoms with Crippen molar-refractivity contribution in [3.63, 3.8) is 0 Å². The Balaban J connectivity index is 1.25. The zero-order valence-corrected chi connectivity index (χ0v) is 25.0. The highest BCUT2D eigenvalue weighted by atomic mass is 19.4. The molecular weight excluding hydrogens is 597 g/mol. The number of amides is 2. The van der Waals surface area contributed by atoms with Crippen molar-refractivity contribution in [3.05, 3.63) is 156 Å². The van der Waals surface area contributed by atoms with Crippen molar-refractivity contribution >= 4 is 39.3 Å². The molecule has 1 aromatic heterocycles. The number of anilines is 1. The first kappa shape index (κ1) is 28.5. The highest BCUT2D eigenvalue weighted by Crippen LogP contribution is 2.40. The number of hydrogen-bond acceptors (Lipinski definition) is 2. The van der Waals surface area contributed by atoms with E-state index in [0.29, 0.717) is 39.2 Å². The van der Waals surface area contributed by atoms with Crippen LogP contribution in [0.4, 0.5) is 18.9 Å². The second-order valence-electron chi connectivity index (χ2n) is 11.7. The minimum Gasteiger partial charge on any atom is -0.308 e. The van der Waals surface area contributed by atoms with Gasteiger partial charge in [-0.2, -0.15) is 13.2 Å². The first-order chi connectivity index (χ1) is 22.7. The van der Waals surface area contributed by atoms with Crippen LogP contribution in [0, 0.1) is 6.92 Å². The summed E-state index contributed by atoms with van der Waals surface area (Å²) in [5.74, 6) is -0.822. The number of alkyl halides is 3. The summed E-state index contributed by atoms with van der Waals surface area (Å²) in [7, 11) is 0. The molecule has 0 spiro atoms. The fraction of sp³-hybridized carbons (Fsp3) is 0.0500. The van der Waals surface area contributed by atoms with E-state index >= 15 is 0 Å². The highest BCUT2D eigenvalue weighted by molar-refractivity contribution is 6.35. The van der Waals surface area contributed by atoms with Crippen LogP contribution in [-0.2, 0) is 6.18 Å². The quantitative estimate of drug-likeness (QED) is 0.183. The topological polar surface area (TPSA) is 42.3 Å². The summed E-state index contributed by atoms with van der Waals surface area (Å²) in [6, 6.07) is 39.7. The third-order valence-electron chi connectivity index (χ3n) is 8.78. The van der Waals surface area contributed by atoms with Gasteiger partial charge in [-0.05, 0) is 89.3 Å². The van der Waals surface area contributed by atoms with Gasteiger partial charge in [0.1, 0.15) is 0 Å². The third kappa shape index (κ3) is 4.62. The molecule has 1 aliphatic heterocycles. The number of halogens is 3. The van der Waals surface area contributed by atoms with Crippen molar-refractivity contribution in [1.29, 1.82) is 0 Å². The third-order valence-corrected chi connectivity index (χ3v) is 8.78. The van der Waals surface area contributed by atoms with Crippen LogP contribution in [-0.4, -0.2) is 16.4 Å². The number of para-hydroxylation sites is 1. The molecule has 6 aromatic carbocycles. The van der Waals surface area contributed by atoms with E-state index in [0.717, 1.165) is 39.0 Å². The van der Waals surface area contributed by atoms with Gasteiger partial charge in [0.25, 0.3) is 11.8 Å². The Bertz CT molecular complexity index is 2390. The second-order valence-corrected chi connectivity index (χ2v) is 11.7. The molecule has 0 fully saturated rings. The normalized spacial score (nSPS) is 13.1.